The average Bonchev–Trinajstić information content (AvgIpc) is 2.62. The van der Waals surface area contributed by atoms with Crippen LogP contribution in [0.2, 0.25) is 0 Å². The summed E-state index contributed by atoms with van der Waals surface area (Å²) in [6.07, 6.45) is 1.89. The summed E-state index contributed by atoms with van der Waals surface area (Å²) >= 11 is 6.57. The lowest BCUT2D eigenvalue weighted by atomic mass is 10.1. The summed E-state index contributed by atoms with van der Waals surface area (Å²) in [5.41, 5.74) is 2.19. The first kappa shape index (κ1) is 14.2. The van der Waals surface area contributed by atoms with E-state index in [9.17, 15) is 4.79 Å². The van der Waals surface area contributed by atoms with Gasteiger partial charge in [-0.25, -0.2) is 0 Å². The first-order valence-corrected chi connectivity index (χ1v) is 7.15. The van der Waals surface area contributed by atoms with Crippen molar-refractivity contribution in [1.29, 1.82) is 0 Å². The Balaban J connectivity index is 2.18. The maximum atomic E-state index is 12.2. The van der Waals surface area contributed by atoms with Gasteiger partial charge in [0.2, 0.25) is 0 Å². The lowest BCUT2D eigenvalue weighted by Gasteiger charge is -2.12. The second kappa shape index (κ2) is 6.32. The van der Waals surface area contributed by atoms with Gasteiger partial charge in [-0.1, -0.05) is 53.8 Å². The van der Waals surface area contributed by atoms with Gasteiger partial charge in [-0.05, 0) is 18.6 Å². The highest BCUT2D eigenvalue weighted by Gasteiger charge is 2.31. The van der Waals surface area contributed by atoms with Crippen molar-refractivity contribution in [1.82, 2.24) is 4.90 Å². The van der Waals surface area contributed by atoms with Crippen molar-refractivity contribution in [3.05, 3.63) is 40.3 Å². The molecule has 5 heteroatoms. The summed E-state index contributed by atoms with van der Waals surface area (Å²) in [4.78, 5) is 14.5. The highest BCUT2D eigenvalue weighted by molar-refractivity contribution is 8.26. The Morgan fingerprint density at radius 1 is 1.47 bits per heavy atom. The minimum absolute atomic E-state index is 0.0337. The van der Waals surface area contributed by atoms with E-state index in [1.54, 1.807) is 12.0 Å². The molecule has 1 fully saturated rings. The normalized spacial score (nSPS) is 17.6. The lowest BCUT2D eigenvalue weighted by Crippen LogP contribution is -2.31. The molecule has 0 unspecified atom stereocenters. The van der Waals surface area contributed by atoms with Crippen LogP contribution in [-0.2, 0) is 9.53 Å². The average molecular weight is 293 g/mol. The van der Waals surface area contributed by atoms with E-state index in [4.69, 9.17) is 17.0 Å². The number of carbonyl (C=O) groups excluding carboxylic acids is 1. The van der Waals surface area contributed by atoms with E-state index in [2.05, 4.69) is 0 Å². The number of hydrogen-bond donors (Lipinski definition) is 0. The summed E-state index contributed by atoms with van der Waals surface area (Å²) in [5, 5.41) is 0. The molecule has 0 radical (unpaired) electrons. The Morgan fingerprint density at radius 2 is 2.26 bits per heavy atom. The highest BCUT2D eigenvalue weighted by Crippen LogP contribution is 2.32. The van der Waals surface area contributed by atoms with E-state index in [1.165, 1.54) is 17.3 Å². The summed E-state index contributed by atoms with van der Waals surface area (Å²) in [7, 11) is 1.61. The molecule has 3 nitrogen and oxygen atoms in total. The van der Waals surface area contributed by atoms with E-state index in [0.29, 0.717) is 22.4 Å². The van der Waals surface area contributed by atoms with Crippen molar-refractivity contribution >= 4 is 40.3 Å². The van der Waals surface area contributed by atoms with Crippen molar-refractivity contribution in [3.8, 4) is 0 Å². The first-order valence-electron chi connectivity index (χ1n) is 5.93. The van der Waals surface area contributed by atoms with Gasteiger partial charge in [0.1, 0.15) is 4.32 Å². The van der Waals surface area contributed by atoms with E-state index >= 15 is 0 Å². The number of thioether (sulfide) groups is 1. The van der Waals surface area contributed by atoms with Crippen LogP contribution in [0.25, 0.3) is 6.08 Å². The summed E-state index contributed by atoms with van der Waals surface area (Å²) in [6, 6.07) is 8.03. The van der Waals surface area contributed by atoms with Crippen LogP contribution >= 0.6 is 24.0 Å². The van der Waals surface area contributed by atoms with Gasteiger partial charge in [0.05, 0.1) is 18.1 Å². The minimum Gasteiger partial charge on any atom is -0.383 e. The van der Waals surface area contributed by atoms with E-state index in [-0.39, 0.29) is 5.91 Å². The third-order valence-electron chi connectivity index (χ3n) is 2.73. The summed E-state index contributed by atoms with van der Waals surface area (Å²) < 4.78 is 5.59. The number of benzene rings is 1. The Bertz CT molecular complexity index is 540. The number of aryl methyl sites for hydroxylation is 1. The quantitative estimate of drug-likeness (QED) is 0.631. The van der Waals surface area contributed by atoms with Crippen molar-refractivity contribution < 1.29 is 9.53 Å². The van der Waals surface area contributed by atoms with E-state index < -0.39 is 0 Å². The molecule has 0 atom stereocenters. The number of amides is 1. The van der Waals surface area contributed by atoms with E-state index in [0.717, 1.165) is 5.56 Å². The fourth-order valence-electron chi connectivity index (χ4n) is 1.79. The van der Waals surface area contributed by atoms with Gasteiger partial charge in [0.15, 0.2) is 0 Å². The van der Waals surface area contributed by atoms with Crippen LogP contribution < -0.4 is 0 Å². The molecule has 1 saturated heterocycles. The molecule has 0 aliphatic carbocycles. The molecule has 1 amide bonds. The van der Waals surface area contributed by atoms with Crippen LogP contribution in [-0.4, -0.2) is 35.4 Å². The molecule has 2 rings (SSSR count). The molecular formula is C14H15NO2S2. The van der Waals surface area contributed by atoms with Gasteiger partial charge in [-0.3, -0.25) is 9.69 Å². The van der Waals surface area contributed by atoms with Crippen LogP contribution in [0.4, 0.5) is 0 Å². The van der Waals surface area contributed by atoms with Crippen LogP contribution in [0.3, 0.4) is 0 Å². The minimum atomic E-state index is -0.0337. The van der Waals surface area contributed by atoms with E-state index in [1.807, 2.05) is 37.3 Å². The fraction of sp³-hybridized carbons (Fsp3) is 0.286. The predicted octanol–water partition coefficient (Wildman–Crippen LogP) is 2.84. The van der Waals surface area contributed by atoms with Gasteiger partial charge in [-0.2, -0.15) is 0 Å². The summed E-state index contributed by atoms with van der Waals surface area (Å²) in [6.45, 7) is 3.03. The zero-order valence-corrected chi connectivity index (χ0v) is 12.5. The van der Waals surface area contributed by atoms with Crippen LogP contribution in [0.15, 0.2) is 29.2 Å². The third kappa shape index (κ3) is 3.43. The third-order valence-corrected chi connectivity index (χ3v) is 4.11. The first-order chi connectivity index (χ1) is 9.11. The molecule has 100 valence electrons. The Hall–Kier alpha value is -1.17. The Kier molecular flexibility index (Phi) is 4.74. The summed E-state index contributed by atoms with van der Waals surface area (Å²) in [5.74, 6) is -0.0337. The monoisotopic (exact) mass is 293 g/mol. The maximum Gasteiger partial charge on any atom is 0.266 e. The molecule has 1 heterocycles. The zero-order valence-electron chi connectivity index (χ0n) is 10.9. The van der Waals surface area contributed by atoms with Gasteiger partial charge >= 0.3 is 0 Å². The Morgan fingerprint density at radius 3 is 2.95 bits per heavy atom. The number of ether oxygens (including phenoxy) is 1. The van der Waals surface area contributed by atoms with Crippen molar-refractivity contribution in [2.45, 2.75) is 6.92 Å². The molecular weight excluding hydrogens is 278 g/mol. The van der Waals surface area contributed by atoms with Crippen molar-refractivity contribution in [2.75, 3.05) is 20.3 Å². The number of thiocarbonyl (C=S) groups is 1. The number of carbonyl (C=O) groups is 1. The molecule has 1 aliphatic heterocycles. The molecule has 0 spiro atoms. The molecule has 1 aromatic rings. The fourth-order valence-corrected chi connectivity index (χ4v) is 3.10. The van der Waals surface area contributed by atoms with Crippen molar-refractivity contribution in [3.63, 3.8) is 0 Å². The lowest BCUT2D eigenvalue weighted by molar-refractivity contribution is -0.122. The SMILES string of the molecule is COCCN1C(=O)/C(=C/c2cccc(C)c2)SC1=S. The topological polar surface area (TPSA) is 29.5 Å². The molecule has 1 aromatic carbocycles. The molecule has 1 aliphatic rings. The number of methoxy groups -OCH3 is 1. The highest BCUT2D eigenvalue weighted by atomic mass is 32.2. The Labute approximate surface area is 122 Å². The number of rotatable bonds is 4. The van der Waals surface area contributed by atoms with Gasteiger partial charge in [0, 0.05) is 7.11 Å². The number of nitrogens with zero attached hydrogens (tertiary/aromatic N) is 1. The standard InChI is InChI=1S/C14H15NO2S2/c1-10-4-3-5-11(8-10)9-12-13(16)15(6-7-17-2)14(18)19-12/h3-5,8-9H,6-7H2,1-2H3/b12-9-. The molecule has 0 aromatic heterocycles. The van der Waals surface area contributed by atoms with Crippen LogP contribution in [0.5, 0.6) is 0 Å². The second-order valence-electron chi connectivity index (χ2n) is 4.24. The molecule has 0 bridgehead atoms. The van der Waals surface area contributed by atoms with Crippen molar-refractivity contribution in [2.24, 2.45) is 0 Å². The molecule has 19 heavy (non-hydrogen) atoms. The molecule has 0 N–H and O–H groups in total. The predicted molar refractivity (Wildman–Crippen MR) is 82.9 cm³/mol. The zero-order chi connectivity index (χ0) is 13.8. The van der Waals surface area contributed by atoms with Gasteiger partial charge in [0.25, 0.3) is 5.91 Å². The largest absolute Gasteiger partial charge is 0.383 e. The maximum absolute atomic E-state index is 12.2. The smallest absolute Gasteiger partial charge is 0.266 e. The van der Waals surface area contributed by atoms with Gasteiger partial charge in [-0.15, -0.1) is 0 Å². The number of hydrogen-bond acceptors (Lipinski definition) is 4. The van der Waals surface area contributed by atoms with Gasteiger partial charge < -0.3 is 4.74 Å². The van der Waals surface area contributed by atoms with Crippen LogP contribution in [0, 0.1) is 6.92 Å². The molecule has 0 saturated carbocycles. The second-order valence-corrected chi connectivity index (χ2v) is 5.92. The van der Waals surface area contributed by atoms with Crippen LogP contribution in [0.1, 0.15) is 11.1 Å².